The van der Waals surface area contributed by atoms with Gasteiger partial charge in [-0.2, -0.15) is 0 Å². The van der Waals surface area contributed by atoms with E-state index in [4.69, 9.17) is 0 Å². The van der Waals surface area contributed by atoms with Crippen LogP contribution in [0.1, 0.15) is 41.4 Å². The zero-order chi connectivity index (χ0) is 14.3. The minimum Gasteiger partial charge on any atom is -0.336 e. The second kappa shape index (κ2) is 4.89. The maximum atomic E-state index is 12.8. The van der Waals surface area contributed by atoms with E-state index in [9.17, 15) is 4.79 Å². The largest absolute Gasteiger partial charge is 0.336 e. The fraction of sp³-hybridized carbons (Fsp3) is 0.412. The molecule has 20 heavy (non-hydrogen) atoms. The molecule has 0 spiro atoms. The molecule has 1 aromatic heterocycles. The van der Waals surface area contributed by atoms with Crippen LogP contribution in [0, 0.1) is 13.8 Å². The van der Waals surface area contributed by atoms with Crippen LogP contribution in [0.2, 0.25) is 0 Å². The van der Waals surface area contributed by atoms with Crippen LogP contribution in [-0.4, -0.2) is 28.4 Å². The molecule has 1 fully saturated rings. The first kappa shape index (κ1) is 13.1. The van der Waals surface area contributed by atoms with E-state index in [2.05, 4.69) is 18.0 Å². The Balaban J connectivity index is 2.13. The van der Waals surface area contributed by atoms with Crippen molar-refractivity contribution in [2.24, 2.45) is 0 Å². The molecule has 3 nitrogen and oxygen atoms in total. The van der Waals surface area contributed by atoms with Gasteiger partial charge in [-0.15, -0.1) is 0 Å². The van der Waals surface area contributed by atoms with Gasteiger partial charge < -0.3 is 4.90 Å². The highest BCUT2D eigenvalue weighted by atomic mass is 16.2. The van der Waals surface area contributed by atoms with E-state index in [0.717, 1.165) is 47.1 Å². The molecule has 3 heteroatoms. The topological polar surface area (TPSA) is 33.2 Å². The lowest BCUT2D eigenvalue weighted by Crippen LogP contribution is -2.33. The van der Waals surface area contributed by atoms with Crippen LogP contribution >= 0.6 is 0 Å². The fourth-order valence-electron chi connectivity index (χ4n) is 2.76. The molecule has 0 bridgehead atoms. The van der Waals surface area contributed by atoms with E-state index in [1.54, 1.807) is 0 Å². The fourth-order valence-corrected chi connectivity index (χ4v) is 2.76. The molecule has 3 rings (SSSR count). The third-order valence-corrected chi connectivity index (χ3v) is 3.91. The lowest BCUT2D eigenvalue weighted by atomic mass is 10.0. The monoisotopic (exact) mass is 268 g/mol. The lowest BCUT2D eigenvalue weighted by Gasteiger charge is -2.21. The minimum absolute atomic E-state index is 0.149. The van der Waals surface area contributed by atoms with Crippen LogP contribution < -0.4 is 0 Å². The smallest absolute Gasteiger partial charge is 0.254 e. The molecule has 1 aliphatic carbocycles. The van der Waals surface area contributed by atoms with Gasteiger partial charge in [0.25, 0.3) is 5.91 Å². The van der Waals surface area contributed by atoms with Crippen molar-refractivity contribution in [3.8, 4) is 0 Å². The predicted octanol–water partition coefficient (Wildman–Crippen LogP) is 3.48. The molecule has 1 saturated carbocycles. The highest BCUT2D eigenvalue weighted by molar-refractivity contribution is 6.06. The average molecular weight is 268 g/mol. The quantitative estimate of drug-likeness (QED) is 0.854. The molecule has 0 N–H and O–H groups in total. The molecule has 0 unspecified atom stereocenters. The number of hydrogen-bond acceptors (Lipinski definition) is 2. The summed E-state index contributed by atoms with van der Waals surface area (Å²) in [6.07, 6.45) is 2.28. The number of aromatic nitrogens is 1. The van der Waals surface area contributed by atoms with Gasteiger partial charge in [-0.1, -0.05) is 11.6 Å². The summed E-state index contributed by atoms with van der Waals surface area (Å²) in [5.74, 6) is 0.149. The Labute approximate surface area is 119 Å². The number of fused-ring (bicyclic) bond motifs is 1. The molecular weight excluding hydrogens is 248 g/mol. The van der Waals surface area contributed by atoms with Crippen LogP contribution in [-0.2, 0) is 0 Å². The van der Waals surface area contributed by atoms with Crippen molar-refractivity contribution >= 4 is 16.8 Å². The molecule has 0 aliphatic heterocycles. The van der Waals surface area contributed by atoms with E-state index in [1.807, 2.05) is 36.9 Å². The van der Waals surface area contributed by atoms with Gasteiger partial charge in [-0.3, -0.25) is 9.78 Å². The number of carbonyl (C=O) groups excluding carboxylic acids is 1. The second-order valence-electron chi connectivity index (χ2n) is 5.65. The highest BCUT2D eigenvalue weighted by Crippen LogP contribution is 2.29. The first-order valence-electron chi connectivity index (χ1n) is 7.29. The Kier molecular flexibility index (Phi) is 3.20. The maximum absolute atomic E-state index is 12.8. The molecule has 1 aliphatic rings. The summed E-state index contributed by atoms with van der Waals surface area (Å²) in [4.78, 5) is 19.4. The van der Waals surface area contributed by atoms with E-state index in [0.29, 0.717) is 6.04 Å². The average Bonchev–Trinajstić information content (AvgIpc) is 3.23. The summed E-state index contributed by atoms with van der Waals surface area (Å²) >= 11 is 0. The Bertz CT molecular complexity index is 674. The van der Waals surface area contributed by atoms with Gasteiger partial charge in [0.2, 0.25) is 0 Å². The van der Waals surface area contributed by atoms with Crippen LogP contribution in [0.4, 0.5) is 0 Å². The van der Waals surface area contributed by atoms with Crippen molar-refractivity contribution < 1.29 is 4.79 Å². The Morgan fingerprint density at radius 3 is 2.70 bits per heavy atom. The van der Waals surface area contributed by atoms with Crippen LogP contribution in [0.3, 0.4) is 0 Å². The first-order chi connectivity index (χ1) is 9.60. The summed E-state index contributed by atoms with van der Waals surface area (Å²) in [7, 11) is 0. The third kappa shape index (κ3) is 2.28. The Morgan fingerprint density at radius 2 is 2.05 bits per heavy atom. The standard InChI is InChI=1S/C17H20N2O/c1-4-19(13-6-7-13)17(20)15-10-12(3)18-16-8-5-11(2)9-14(15)16/h5,8-10,13H,4,6-7H2,1-3H3. The number of nitrogens with zero attached hydrogens (tertiary/aromatic N) is 2. The number of rotatable bonds is 3. The normalized spacial score (nSPS) is 14.6. The summed E-state index contributed by atoms with van der Waals surface area (Å²) in [6, 6.07) is 8.48. The van der Waals surface area contributed by atoms with Crippen molar-refractivity contribution in [3.05, 3.63) is 41.1 Å². The lowest BCUT2D eigenvalue weighted by molar-refractivity contribution is 0.0754. The zero-order valence-electron chi connectivity index (χ0n) is 12.3. The van der Waals surface area contributed by atoms with Gasteiger partial charge in [-0.25, -0.2) is 0 Å². The number of hydrogen-bond donors (Lipinski definition) is 0. The Hall–Kier alpha value is -1.90. The number of carbonyl (C=O) groups is 1. The van der Waals surface area contributed by atoms with Crippen molar-refractivity contribution in [2.45, 2.75) is 39.7 Å². The van der Waals surface area contributed by atoms with Gasteiger partial charge >= 0.3 is 0 Å². The van der Waals surface area contributed by atoms with Crippen molar-refractivity contribution in [2.75, 3.05) is 6.54 Å². The molecule has 0 saturated heterocycles. The van der Waals surface area contributed by atoms with Gasteiger partial charge in [0, 0.05) is 23.7 Å². The van der Waals surface area contributed by atoms with Crippen LogP contribution in [0.25, 0.3) is 10.9 Å². The zero-order valence-corrected chi connectivity index (χ0v) is 12.3. The summed E-state index contributed by atoms with van der Waals surface area (Å²) in [5, 5.41) is 0.972. The van der Waals surface area contributed by atoms with Crippen molar-refractivity contribution in [3.63, 3.8) is 0 Å². The predicted molar refractivity (Wildman–Crippen MR) is 80.9 cm³/mol. The number of pyridine rings is 1. The van der Waals surface area contributed by atoms with Crippen molar-refractivity contribution in [1.82, 2.24) is 9.88 Å². The van der Waals surface area contributed by atoms with E-state index < -0.39 is 0 Å². The van der Waals surface area contributed by atoms with E-state index in [1.165, 1.54) is 0 Å². The molecule has 104 valence electrons. The molecule has 0 radical (unpaired) electrons. The third-order valence-electron chi connectivity index (χ3n) is 3.91. The highest BCUT2D eigenvalue weighted by Gasteiger charge is 2.32. The molecule has 1 amide bonds. The summed E-state index contributed by atoms with van der Waals surface area (Å²) in [5.41, 5.74) is 3.76. The summed E-state index contributed by atoms with van der Waals surface area (Å²) < 4.78 is 0. The van der Waals surface area contributed by atoms with Gasteiger partial charge in [0.05, 0.1) is 11.1 Å². The second-order valence-corrected chi connectivity index (χ2v) is 5.65. The molecule has 2 aromatic rings. The molecule has 1 aromatic carbocycles. The molecular formula is C17H20N2O. The Morgan fingerprint density at radius 1 is 1.30 bits per heavy atom. The van der Waals surface area contributed by atoms with Gasteiger partial charge in [-0.05, 0) is 51.8 Å². The van der Waals surface area contributed by atoms with E-state index in [-0.39, 0.29) is 5.91 Å². The number of benzene rings is 1. The van der Waals surface area contributed by atoms with E-state index >= 15 is 0 Å². The summed E-state index contributed by atoms with van der Waals surface area (Å²) in [6.45, 7) is 6.82. The van der Waals surface area contributed by atoms with Gasteiger partial charge in [0.1, 0.15) is 0 Å². The number of amides is 1. The van der Waals surface area contributed by atoms with Crippen LogP contribution in [0.15, 0.2) is 24.3 Å². The van der Waals surface area contributed by atoms with Crippen LogP contribution in [0.5, 0.6) is 0 Å². The van der Waals surface area contributed by atoms with Gasteiger partial charge in [0.15, 0.2) is 0 Å². The minimum atomic E-state index is 0.149. The molecule has 0 atom stereocenters. The number of aryl methyl sites for hydroxylation is 2. The SMILES string of the molecule is CCN(C(=O)c1cc(C)nc2ccc(C)cc12)C1CC1. The maximum Gasteiger partial charge on any atom is 0.254 e. The molecule has 1 heterocycles. The van der Waals surface area contributed by atoms with Crippen molar-refractivity contribution in [1.29, 1.82) is 0 Å². The first-order valence-corrected chi connectivity index (χ1v) is 7.29.